The normalized spacial score (nSPS) is 12.3. The molecule has 0 aromatic rings. The van der Waals surface area contributed by atoms with Crippen molar-refractivity contribution in [3.63, 3.8) is 0 Å². The van der Waals surface area contributed by atoms with Gasteiger partial charge in [0, 0.05) is 13.5 Å². The number of hydrogen-bond acceptors (Lipinski definition) is 4. The number of hydrogen-bond donors (Lipinski definition) is 0. The average Bonchev–Trinajstić information content (AvgIpc) is 2.02. The summed E-state index contributed by atoms with van der Waals surface area (Å²) in [7, 11) is 1.38. The standard InChI is InChI=1S/C7H12O4/c1-4-6(8)11-7(9)5(2)10-3/h5H,4H2,1-3H3. The number of rotatable bonds is 3. The van der Waals surface area contributed by atoms with Crippen LogP contribution in [0.3, 0.4) is 0 Å². The minimum Gasteiger partial charge on any atom is -0.391 e. The molecular weight excluding hydrogens is 148 g/mol. The van der Waals surface area contributed by atoms with Gasteiger partial charge in [-0.15, -0.1) is 0 Å². The van der Waals surface area contributed by atoms with Gasteiger partial charge in [-0.3, -0.25) is 4.79 Å². The van der Waals surface area contributed by atoms with Crippen LogP contribution in [0.15, 0.2) is 0 Å². The fourth-order valence-corrected chi connectivity index (χ4v) is 0.364. The zero-order chi connectivity index (χ0) is 8.85. The molecule has 0 aliphatic rings. The van der Waals surface area contributed by atoms with Gasteiger partial charge in [-0.25, -0.2) is 4.79 Å². The van der Waals surface area contributed by atoms with E-state index in [1.54, 1.807) is 6.92 Å². The van der Waals surface area contributed by atoms with E-state index < -0.39 is 18.0 Å². The number of esters is 2. The van der Waals surface area contributed by atoms with E-state index in [1.165, 1.54) is 14.0 Å². The van der Waals surface area contributed by atoms with Crippen molar-refractivity contribution in [2.45, 2.75) is 26.4 Å². The number of carbonyl (C=O) groups is 2. The van der Waals surface area contributed by atoms with Crippen molar-refractivity contribution in [2.24, 2.45) is 0 Å². The first kappa shape index (κ1) is 10.1. The molecule has 0 heterocycles. The van der Waals surface area contributed by atoms with Crippen molar-refractivity contribution in [3.05, 3.63) is 0 Å². The maximum atomic E-state index is 10.8. The van der Waals surface area contributed by atoms with Crippen LogP contribution in [0, 0.1) is 0 Å². The van der Waals surface area contributed by atoms with Crippen molar-refractivity contribution in [2.75, 3.05) is 7.11 Å². The Morgan fingerprint density at radius 1 is 1.45 bits per heavy atom. The Balaban J connectivity index is 3.77. The molecular formula is C7H12O4. The molecule has 1 unspecified atom stereocenters. The Bertz CT molecular complexity index is 153. The largest absolute Gasteiger partial charge is 0.391 e. The van der Waals surface area contributed by atoms with Crippen LogP contribution in [-0.2, 0) is 19.1 Å². The Labute approximate surface area is 65.5 Å². The molecule has 0 bridgehead atoms. The van der Waals surface area contributed by atoms with E-state index in [4.69, 9.17) is 0 Å². The van der Waals surface area contributed by atoms with Crippen molar-refractivity contribution >= 4 is 11.9 Å². The zero-order valence-corrected chi connectivity index (χ0v) is 6.92. The molecule has 0 saturated heterocycles. The van der Waals surface area contributed by atoms with Crippen LogP contribution in [0.2, 0.25) is 0 Å². The fourth-order valence-electron chi connectivity index (χ4n) is 0.364. The molecule has 0 aromatic carbocycles. The van der Waals surface area contributed by atoms with Crippen LogP contribution >= 0.6 is 0 Å². The lowest BCUT2D eigenvalue weighted by Crippen LogP contribution is -2.24. The average molecular weight is 160 g/mol. The van der Waals surface area contributed by atoms with Crippen LogP contribution < -0.4 is 0 Å². The summed E-state index contributed by atoms with van der Waals surface area (Å²) in [6, 6.07) is 0. The maximum absolute atomic E-state index is 10.8. The highest BCUT2D eigenvalue weighted by Crippen LogP contribution is 1.94. The summed E-state index contributed by atoms with van der Waals surface area (Å²) in [5.41, 5.74) is 0. The van der Waals surface area contributed by atoms with E-state index in [9.17, 15) is 9.59 Å². The lowest BCUT2D eigenvalue weighted by atomic mass is 10.4. The monoisotopic (exact) mass is 160 g/mol. The highest BCUT2D eigenvalue weighted by atomic mass is 16.6. The van der Waals surface area contributed by atoms with Gasteiger partial charge in [-0.05, 0) is 6.92 Å². The molecule has 0 spiro atoms. The lowest BCUT2D eigenvalue weighted by Gasteiger charge is -2.06. The van der Waals surface area contributed by atoms with Gasteiger partial charge < -0.3 is 9.47 Å². The van der Waals surface area contributed by atoms with Crippen molar-refractivity contribution < 1.29 is 19.1 Å². The molecule has 0 saturated carbocycles. The van der Waals surface area contributed by atoms with E-state index in [0.717, 1.165) is 0 Å². The number of carbonyl (C=O) groups excluding carboxylic acids is 2. The summed E-state index contributed by atoms with van der Waals surface area (Å²) < 4.78 is 8.98. The first-order chi connectivity index (χ1) is 5.11. The number of ether oxygens (including phenoxy) is 2. The van der Waals surface area contributed by atoms with E-state index >= 15 is 0 Å². The van der Waals surface area contributed by atoms with Crippen LogP contribution in [0.5, 0.6) is 0 Å². The van der Waals surface area contributed by atoms with Crippen molar-refractivity contribution in [1.29, 1.82) is 0 Å². The molecule has 11 heavy (non-hydrogen) atoms. The maximum Gasteiger partial charge on any atom is 0.342 e. The zero-order valence-electron chi connectivity index (χ0n) is 6.92. The fraction of sp³-hybridized carbons (Fsp3) is 0.714. The highest BCUT2D eigenvalue weighted by molar-refractivity contribution is 5.87. The molecule has 0 N–H and O–H groups in total. The third kappa shape index (κ3) is 3.72. The van der Waals surface area contributed by atoms with Crippen LogP contribution in [0.1, 0.15) is 20.3 Å². The van der Waals surface area contributed by atoms with Gasteiger partial charge in [0.1, 0.15) is 0 Å². The van der Waals surface area contributed by atoms with E-state index in [2.05, 4.69) is 9.47 Å². The second-order valence-electron chi connectivity index (χ2n) is 2.02. The molecule has 0 rings (SSSR count). The van der Waals surface area contributed by atoms with Crippen molar-refractivity contribution in [3.8, 4) is 0 Å². The summed E-state index contributed by atoms with van der Waals surface area (Å²) in [6.07, 6.45) is -0.479. The molecule has 0 aromatic heterocycles. The molecule has 4 nitrogen and oxygen atoms in total. The van der Waals surface area contributed by atoms with Gasteiger partial charge in [-0.1, -0.05) is 6.92 Å². The molecule has 0 radical (unpaired) electrons. The third-order valence-corrected chi connectivity index (χ3v) is 1.19. The van der Waals surface area contributed by atoms with E-state index in [1.807, 2.05) is 0 Å². The first-order valence-corrected chi connectivity index (χ1v) is 3.39. The lowest BCUT2D eigenvalue weighted by molar-refractivity contribution is -0.166. The smallest absolute Gasteiger partial charge is 0.342 e. The minimum atomic E-state index is -0.675. The highest BCUT2D eigenvalue weighted by Gasteiger charge is 2.15. The Kier molecular flexibility index (Phi) is 4.45. The Hall–Kier alpha value is -0.900. The van der Waals surface area contributed by atoms with E-state index in [0.29, 0.717) is 0 Å². The minimum absolute atomic E-state index is 0.197. The second kappa shape index (κ2) is 4.85. The van der Waals surface area contributed by atoms with Crippen LogP contribution in [-0.4, -0.2) is 25.2 Å². The molecule has 4 heteroatoms. The van der Waals surface area contributed by atoms with Crippen molar-refractivity contribution in [1.82, 2.24) is 0 Å². The number of methoxy groups -OCH3 is 1. The summed E-state index contributed by atoms with van der Waals surface area (Å²) in [4.78, 5) is 21.3. The summed E-state index contributed by atoms with van der Waals surface area (Å²) in [5, 5.41) is 0. The predicted octanol–water partition coefficient (Wildman–Crippen LogP) is 0.501. The Morgan fingerprint density at radius 3 is 2.36 bits per heavy atom. The van der Waals surface area contributed by atoms with Crippen LogP contribution in [0.25, 0.3) is 0 Å². The van der Waals surface area contributed by atoms with Gasteiger partial charge in [-0.2, -0.15) is 0 Å². The Morgan fingerprint density at radius 2 is 2.00 bits per heavy atom. The second-order valence-corrected chi connectivity index (χ2v) is 2.02. The third-order valence-electron chi connectivity index (χ3n) is 1.19. The van der Waals surface area contributed by atoms with E-state index in [-0.39, 0.29) is 6.42 Å². The first-order valence-electron chi connectivity index (χ1n) is 3.39. The van der Waals surface area contributed by atoms with Gasteiger partial charge in [0.15, 0.2) is 6.10 Å². The molecule has 64 valence electrons. The van der Waals surface area contributed by atoms with Gasteiger partial charge in [0.2, 0.25) is 0 Å². The molecule has 0 fully saturated rings. The summed E-state index contributed by atoms with van der Waals surface area (Å²) >= 11 is 0. The molecule has 0 amide bonds. The van der Waals surface area contributed by atoms with Gasteiger partial charge in [0.25, 0.3) is 0 Å². The van der Waals surface area contributed by atoms with Crippen LogP contribution in [0.4, 0.5) is 0 Å². The predicted molar refractivity (Wildman–Crippen MR) is 37.9 cm³/mol. The molecule has 0 aliphatic carbocycles. The summed E-state index contributed by atoms with van der Waals surface area (Å²) in [6.45, 7) is 3.14. The molecule has 1 atom stereocenters. The summed E-state index contributed by atoms with van der Waals surface area (Å²) in [5.74, 6) is -1.17. The molecule has 0 aliphatic heterocycles. The van der Waals surface area contributed by atoms with Gasteiger partial charge in [0.05, 0.1) is 0 Å². The SMILES string of the molecule is CCC(=O)OC(=O)C(C)OC. The van der Waals surface area contributed by atoms with Gasteiger partial charge >= 0.3 is 11.9 Å². The quantitative estimate of drug-likeness (QED) is 0.445. The topological polar surface area (TPSA) is 52.6 Å².